The number of nitrogens with zero attached hydrogens (tertiary/aromatic N) is 1. The van der Waals surface area contributed by atoms with Crippen molar-refractivity contribution in [2.75, 3.05) is 5.08 Å². The summed E-state index contributed by atoms with van der Waals surface area (Å²) in [4.78, 5) is 0. The maximum absolute atomic E-state index is 11.1. The first-order valence-electron chi connectivity index (χ1n) is 4.35. The molecule has 0 saturated carbocycles. The summed E-state index contributed by atoms with van der Waals surface area (Å²) in [6, 6.07) is 5.16. The molecule has 1 aromatic carbocycles. The van der Waals surface area contributed by atoms with Gasteiger partial charge in [0.2, 0.25) is 0 Å². The van der Waals surface area contributed by atoms with E-state index in [2.05, 4.69) is 4.40 Å². The molecule has 86 valence electrons. The Morgan fingerprint density at radius 1 is 1.44 bits per heavy atom. The largest absolute Gasteiger partial charge is 0.433 e. The van der Waals surface area contributed by atoms with E-state index in [4.69, 9.17) is 16.3 Å². The van der Waals surface area contributed by atoms with Crippen molar-refractivity contribution < 1.29 is 13.2 Å². The van der Waals surface area contributed by atoms with Crippen LogP contribution in [-0.4, -0.2) is 18.7 Å². The molecule has 0 aromatic heterocycles. The number of sulfonamides is 1. The lowest BCUT2D eigenvalue weighted by molar-refractivity contribution is 0.565. The van der Waals surface area contributed by atoms with Gasteiger partial charge in [-0.25, -0.2) is 8.42 Å². The first kappa shape index (κ1) is 11.8. The van der Waals surface area contributed by atoms with E-state index in [1.54, 1.807) is 18.2 Å². The quantitative estimate of drug-likeness (QED) is 0.791. The van der Waals surface area contributed by atoms with Crippen LogP contribution in [0.1, 0.15) is 5.56 Å². The third-order valence-electron chi connectivity index (χ3n) is 1.77. The molecule has 0 spiro atoms. The zero-order valence-electron chi connectivity index (χ0n) is 8.31. The molecule has 0 atom stereocenters. The van der Waals surface area contributed by atoms with Crippen LogP contribution in [0, 0.1) is 6.92 Å². The summed E-state index contributed by atoms with van der Waals surface area (Å²) in [6.45, 7) is 1.87. The van der Waals surface area contributed by atoms with Crippen LogP contribution in [-0.2, 0) is 10.0 Å². The Balaban J connectivity index is 2.22. The van der Waals surface area contributed by atoms with E-state index in [1.165, 1.54) is 0 Å². The molecule has 0 fully saturated rings. The van der Waals surface area contributed by atoms with Crippen LogP contribution in [0.25, 0.3) is 0 Å². The van der Waals surface area contributed by atoms with E-state index >= 15 is 0 Å². The van der Waals surface area contributed by atoms with E-state index < -0.39 is 10.0 Å². The van der Waals surface area contributed by atoms with Crippen molar-refractivity contribution in [3.05, 3.63) is 28.8 Å². The summed E-state index contributed by atoms with van der Waals surface area (Å²) in [6.07, 6.45) is 0. The standard InChI is InChI=1S/C9H8ClNO3S2/c1-6-2-7(10)4-8(3-6)14-9-11-16(12,13)5-15-9/h2-4H,5H2,1H3. The Morgan fingerprint density at radius 2 is 2.19 bits per heavy atom. The molecule has 16 heavy (non-hydrogen) atoms. The Labute approximate surface area is 103 Å². The summed E-state index contributed by atoms with van der Waals surface area (Å²) in [5.74, 6) is 0.494. The normalized spacial score (nSPS) is 18.2. The fraction of sp³-hybridized carbons (Fsp3) is 0.222. The Hall–Kier alpha value is -0.720. The average Bonchev–Trinajstić information content (AvgIpc) is 2.43. The molecular weight excluding hydrogens is 270 g/mol. The fourth-order valence-corrected chi connectivity index (χ4v) is 3.66. The van der Waals surface area contributed by atoms with Gasteiger partial charge in [-0.1, -0.05) is 11.6 Å². The second kappa shape index (κ2) is 4.27. The number of halogens is 1. The highest BCUT2D eigenvalue weighted by Gasteiger charge is 2.22. The number of aryl methyl sites for hydroxylation is 1. The molecule has 0 bridgehead atoms. The van der Waals surface area contributed by atoms with Gasteiger partial charge in [0.1, 0.15) is 10.8 Å². The van der Waals surface area contributed by atoms with Crippen LogP contribution in [0.2, 0.25) is 5.02 Å². The van der Waals surface area contributed by atoms with Crippen molar-refractivity contribution in [3.63, 3.8) is 0 Å². The van der Waals surface area contributed by atoms with Crippen LogP contribution >= 0.6 is 23.4 Å². The molecule has 1 aliphatic rings. The minimum Gasteiger partial charge on any atom is -0.433 e. The van der Waals surface area contributed by atoms with Crippen LogP contribution in [0.15, 0.2) is 22.6 Å². The van der Waals surface area contributed by atoms with E-state index in [-0.39, 0.29) is 10.3 Å². The van der Waals surface area contributed by atoms with Gasteiger partial charge in [-0.2, -0.15) is 0 Å². The van der Waals surface area contributed by atoms with Crippen LogP contribution in [0.5, 0.6) is 5.75 Å². The van der Waals surface area contributed by atoms with Crippen molar-refractivity contribution in [1.82, 2.24) is 0 Å². The van der Waals surface area contributed by atoms with Crippen molar-refractivity contribution in [2.24, 2.45) is 4.40 Å². The van der Waals surface area contributed by atoms with Crippen molar-refractivity contribution in [1.29, 1.82) is 0 Å². The maximum atomic E-state index is 11.1. The highest BCUT2D eigenvalue weighted by Crippen LogP contribution is 2.25. The van der Waals surface area contributed by atoms with E-state index in [0.717, 1.165) is 17.3 Å². The number of rotatable bonds is 1. The summed E-state index contributed by atoms with van der Waals surface area (Å²) in [5, 5.41) is 0.616. The van der Waals surface area contributed by atoms with Gasteiger partial charge in [0.15, 0.2) is 0 Å². The van der Waals surface area contributed by atoms with Gasteiger partial charge in [0, 0.05) is 5.02 Å². The zero-order chi connectivity index (χ0) is 11.8. The molecule has 0 N–H and O–H groups in total. The van der Waals surface area contributed by atoms with Gasteiger partial charge >= 0.3 is 0 Å². The minimum atomic E-state index is -3.34. The maximum Gasteiger partial charge on any atom is 0.268 e. The molecule has 0 aliphatic carbocycles. The second-order valence-corrected chi connectivity index (χ2v) is 6.63. The first-order valence-corrected chi connectivity index (χ1v) is 7.32. The Bertz CT molecular complexity index is 534. The van der Waals surface area contributed by atoms with Gasteiger partial charge in [0.25, 0.3) is 15.3 Å². The summed E-state index contributed by atoms with van der Waals surface area (Å²) in [5.41, 5.74) is 0.939. The zero-order valence-corrected chi connectivity index (χ0v) is 10.7. The lowest BCUT2D eigenvalue weighted by atomic mass is 10.2. The third-order valence-corrected chi connectivity index (χ3v) is 4.63. The van der Waals surface area contributed by atoms with Crippen molar-refractivity contribution >= 4 is 38.6 Å². The highest BCUT2D eigenvalue weighted by molar-refractivity contribution is 8.24. The van der Waals surface area contributed by atoms with Crippen LogP contribution in [0.3, 0.4) is 0 Å². The topological polar surface area (TPSA) is 55.7 Å². The lowest BCUT2D eigenvalue weighted by Crippen LogP contribution is -2.00. The molecule has 1 aliphatic heterocycles. The van der Waals surface area contributed by atoms with Gasteiger partial charge in [-0.15, -0.1) is 4.40 Å². The molecule has 0 radical (unpaired) electrons. The molecule has 7 heteroatoms. The number of ether oxygens (including phenoxy) is 1. The summed E-state index contributed by atoms with van der Waals surface area (Å²) < 4.78 is 30.9. The first-order chi connectivity index (χ1) is 7.44. The molecule has 0 amide bonds. The van der Waals surface area contributed by atoms with E-state index in [0.29, 0.717) is 10.8 Å². The fourth-order valence-electron chi connectivity index (χ4n) is 1.20. The lowest BCUT2D eigenvalue weighted by Gasteiger charge is -2.04. The average molecular weight is 278 g/mol. The molecule has 1 aromatic rings. The van der Waals surface area contributed by atoms with Crippen molar-refractivity contribution in [3.8, 4) is 5.75 Å². The molecule has 0 unspecified atom stereocenters. The molecule has 2 rings (SSSR count). The van der Waals surface area contributed by atoms with E-state index in [1.807, 2.05) is 6.92 Å². The number of thioether (sulfide) groups is 1. The van der Waals surface area contributed by atoms with Gasteiger partial charge < -0.3 is 4.74 Å². The SMILES string of the molecule is Cc1cc(Cl)cc(OC2=NS(=O)(=O)CS2)c1. The number of hydrogen-bond acceptors (Lipinski definition) is 4. The third kappa shape index (κ3) is 2.90. The van der Waals surface area contributed by atoms with Crippen LogP contribution < -0.4 is 4.74 Å². The summed E-state index contributed by atoms with van der Waals surface area (Å²) in [7, 11) is -3.34. The highest BCUT2D eigenvalue weighted by atomic mass is 35.5. The number of hydrogen-bond donors (Lipinski definition) is 0. The number of benzene rings is 1. The molecule has 0 saturated heterocycles. The van der Waals surface area contributed by atoms with Crippen molar-refractivity contribution in [2.45, 2.75) is 6.92 Å². The smallest absolute Gasteiger partial charge is 0.268 e. The predicted molar refractivity (Wildman–Crippen MR) is 65.6 cm³/mol. The Kier molecular flexibility index (Phi) is 3.14. The van der Waals surface area contributed by atoms with E-state index in [9.17, 15) is 8.42 Å². The summed E-state index contributed by atoms with van der Waals surface area (Å²) >= 11 is 6.90. The molecular formula is C9H8ClNO3S2. The monoisotopic (exact) mass is 277 g/mol. The molecule has 1 heterocycles. The minimum absolute atomic E-state index is 0.0676. The predicted octanol–water partition coefficient (Wildman–Crippen LogP) is 2.42. The van der Waals surface area contributed by atoms with Gasteiger partial charge in [-0.3, -0.25) is 0 Å². The Morgan fingerprint density at radius 3 is 2.75 bits per heavy atom. The van der Waals surface area contributed by atoms with Gasteiger partial charge in [0.05, 0.1) is 0 Å². The van der Waals surface area contributed by atoms with Crippen LogP contribution in [0.4, 0.5) is 0 Å². The second-order valence-electron chi connectivity index (χ2n) is 3.27. The molecule has 4 nitrogen and oxygen atoms in total. The van der Waals surface area contributed by atoms with Gasteiger partial charge in [-0.05, 0) is 42.4 Å².